The van der Waals surface area contributed by atoms with Gasteiger partial charge in [-0.15, -0.1) is 0 Å². The average molecular weight is 761 g/mol. The summed E-state index contributed by atoms with van der Waals surface area (Å²) in [6.45, 7) is 13.0. The van der Waals surface area contributed by atoms with Crippen LogP contribution in [0.25, 0.3) is 89.3 Å². The van der Waals surface area contributed by atoms with Crippen LogP contribution in [0.4, 0.5) is 0 Å². The SMILES string of the molecule is C=C/C1=C(\C=C)c2c(n(C3C=CC(n4c(-c5ccccc5)nc5ccccc54)=CC3)c3ccccc23)-c2ccccc2-c2c1c1ccccc1n2-c1ccccc1.CC. The molecule has 9 aromatic rings. The van der Waals surface area contributed by atoms with Crippen molar-refractivity contribution in [1.29, 1.82) is 0 Å². The fourth-order valence-electron chi connectivity index (χ4n) is 9.37. The minimum atomic E-state index is 0.0440. The van der Waals surface area contributed by atoms with Gasteiger partial charge in [0, 0.05) is 55.5 Å². The van der Waals surface area contributed by atoms with E-state index in [1.165, 1.54) is 44.2 Å². The molecule has 0 saturated heterocycles. The van der Waals surface area contributed by atoms with Crippen molar-refractivity contribution >= 4 is 49.7 Å². The first kappa shape index (κ1) is 35.9. The van der Waals surface area contributed by atoms with Gasteiger partial charge in [0.1, 0.15) is 5.82 Å². The zero-order valence-corrected chi connectivity index (χ0v) is 33.4. The van der Waals surface area contributed by atoms with E-state index in [0.29, 0.717) is 0 Å². The lowest BCUT2D eigenvalue weighted by atomic mass is 9.84. The molecule has 11 rings (SSSR count). The molecule has 0 amide bonds. The number of allylic oxidation sites excluding steroid dienone is 8. The number of para-hydroxylation sites is 5. The zero-order valence-electron chi connectivity index (χ0n) is 33.4. The smallest absolute Gasteiger partial charge is 0.145 e. The fourth-order valence-corrected chi connectivity index (χ4v) is 9.37. The van der Waals surface area contributed by atoms with Gasteiger partial charge in [0.15, 0.2) is 0 Å². The van der Waals surface area contributed by atoms with E-state index in [-0.39, 0.29) is 6.04 Å². The molecule has 0 radical (unpaired) electrons. The lowest BCUT2D eigenvalue weighted by molar-refractivity contribution is 0.634. The maximum atomic E-state index is 5.12. The zero-order chi connectivity index (χ0) is 40.0. The Kier molecular flexibility index (Phi) is 9.03. The van der Waals surface area contributed by atoms with Crippen LogP contribution in [0, 0.1) is 0 Å². The quantitative estimate of drug-likeness (QED) is 0.166. The van der Waals surface area contributed by atoms with Gasteiger partial charge >= 0.3 is 0 Å². The van der Waals surface area contributed by atoms with E-state index >= 15 is 0 Å². The van der Waals surface area contributed by atoms with Gasteiger partial charge in [0.2, 0.25) is 0 Å². The highest BCUT2D eigenvalue weighted by molar-refractivity contribution is 6.18. The van der Waals surface area contributed by atoms with Crippen LogP contribution < -0.4 is 0 Å². The third-order valence-electron chi connectivity index (χ3n) is 11.7. The largest absolute Gasteiger partial charge is 0.333 e. The summed E-state index contributed by atoms with van der Waals surface area (Å²) in [5.74, 6) is 0.943. The van der Waals surface area contributed by atoms with Crippen LogP contribution in [-0.4, -0.2) is 18.7 Å². The number of fused-ring (bicyclic) bond motifs is 10. The van der Waals surface area contributed by atoms with Crippen molar-refractivity contribution < 1.29 is 0 Å². The summed E-state index contributed by atoms with van der Waals surface area (Å²) in [4.78, 5) is 5.12. The molecule has 4 nitrogen and oxygen atoms in total. The molecular weight excluding hydrogens is 717 g/mol. The van der Waals surface area contributed by atoms with Gasteiger partial charge in [0.25, 0.3) is 0 Å². The number of hydrogen-bond acceptors (Lipinski definition) is 1. The Morgan fingerprint density at radius 3 is 1.76 bits per heavy atom. The summed E-state index contributed by atoms with van der Waals surface area (Å²) >= 11 is 0. The summed E-state index contributed by atoms with van der Waals surface area (Å²) in [6, 6.07) is 56.2. The van der Waals surface area contributed by atoms with Crippen LogP contribution in [0.5, 0.6) is 0 Å². The molecular formula is C55H44N4. The minimum absolute atomic E-state index is 0.0440. The molecule has 1 atom stereocenters. The van der Waals surface area contributed by atoms with Crippen molar-refractivity contribution in [3.63, 3.8) is 0 Å². The third-order valence-corrected chi connectivity index (χ3v) is 11.7. The van der Waals surface area contributed by atoms with E-state index in [9.17, 15) is 0 Å². The second-order valence-corrected chi connectivity index (χ2v) is 14.7. The number of hydrogen-bond donors (Lipinski definition) is 0. The molecule has 0 fully saturated rings. The van der Waals surface area contributed by atoms with E-state index in [2.05, 4.69) is 203 Å². The van der Waals surface area contributed by atoms with Crippen LogP contribution in [-0.2, 0) is 0 Å². The van der Waals surface area contributed by atoms with E-state index in [1.54, 1.807) is 0 Å². The molecule has 3 aromatic heterocycles. The van der Waals surface area contributed by atoms with Crippen molar-refractivity contribution in [3.05, 3.63) is 212 Å². The highest BCUT2D eigenvalue weighted by Crippen LogP contribution is 2.53. The summed E-state index contributed by atoms with van der Waals surface area (Å²) in [5, 5.41) is 2.38. The van der Waals surface area contributed by atoms with Crippen molar-refractivity contribution in [1.82, 2.24) is 18.7 Å². The Bertz CT molecular complexity index is 3180. The highest BCUT2D eigenvalue weighted by Gasteiger charge is 2.33. The van der Waals surface area contributed by atoms with Gasteiger partial charge in [-0.3, -0.25) is 4.57 Å². The van der Waals surface area contributed by atoms with Crippen molar-refractivity contribution in [2.24, 2.45) is 0 Å². The molecule has 284 valence electrons. The average Bonchev–Trinajstić information content (AvgIpc) is 3.97. The van der Waals surface area contributed by atoms with Gasteiger partial charge in [0.05, 0.1) is 34.0 Å². The molecule has 0 aliphatic heterocycles. The summed E-state index contributed by atoms with van der Waals surface area (Å²) in [6.07, 6.45) is 11.9. The number of rotatable bonds is 6. The first-order chi connectivity index (χ1) is 29.2. The van der Waals surface area contributed by atoms with Crippen LogP contribution in [0.15, 0.2) is 201 Å². The number of aromatic nitrogens is 4. The van der Waals surface area contributed by atoms with E-state index < -0.39 is 0 Å². The van der Waals surface area contributed by atoms with E-state index in [4.69, 9.17) is 4.98 Å². The molecule has 0 bridgehead atoms. The summed E-state index contributed by atoms with van der Waals surface area (Å²) in [5.41, 5.74) is 16.9. The summed E-state index contributed by atoms with van der Waals surface area (Å²) < 4.78 is 7.31. The third kappa shape index (κ3) is 5.55. The lowest BCUT2D eigenvalue weighted by Gasteiger charge is -2.26. The monoisotopic (exact) mass is 760 g/mol. The Balaban J connectivity index is 0.00000207. The molecule has 0 saturated carbocycles. The Morgan fingerprint density at radius 1 is 0.559 bits per heavy atom. The van der Waals surface area contributed by atoms with Gasteiger partial charge in [-0.25, -0.2) is 4.98 Å². The van der Waals surface area contributed by atoms with E-state index in [1.807, 2.05) is 26.0 Å². The maximum absolute atomic E-state index is 5.12. The predicted octanol–water partition coefficient (Wildman–Crippen LogP) is 14.6. The summed E-state index contributed by atoms with van der Waals surface area (Å²) in [7, 11) is 0. The topological polar surface area (TPSA) is 27.7 Å². The normalized spacial score (nSPS) is 15.7. The molecule has 1 unspecified atom stereocenters. The molecule has 0 spiro atoms. The molecule has 3 heterocycles. The highest BCUT2D eigenvalue weighted by atomic mass is 15.1. The predicted molar refractivity (Wildman–Crippen MR) is 250 cm³/mol. The Labute approximate surface area is 345 Å². The molecule has 59 heavy (non-hydrogen) atoms. The Morgan fingerprint density at radius 2 is 1.10 bits per heavy atom. The molecule has 0 N–H and O–H groups in total. The second kappa shape index (κ2) is 14.8. The van der Waals surface area contributed by atoms with Crippen molar-refractivity contribution in [2.45, 2.75) is 26.3 Å². The van der Waals surface area contributed by atoms with Gasteiger partial charge in [-0.1, -0.05) is 173 Å². The van der Waals surface area contributed by atoms with Crippen molar-refractivity contribution in [2.75, 3.05) is 0 Å². The molecule has 2 aliphatic rings. The molecule has 4 heteroatoms. The maximum Gasteiger partial charge on any atom is 0.145 e. The number of imidazole rings is 1. The minimum Gasteiger partial charge on any atom is -0.333 e. The standard InChI is InChI=1S/C53H38N4.C2H6/c1-3-39-40(4-2)50-44-26-14-17-29-47(44)56(37-31-33-38(34-32-37)57-48-30-18-15-27-45(48)54-53(57)35-19-7-5-8-20-35)52(50)42-24-12-11-23-41(42)51-49(39)43-25-13-16-28-46(43)55(51)36-21-9-6-10-22-36;1-2/h3-31,33-34,37H,1-2,32H2;1-2H3/b40-39-,49-39?,50-40?,51-41?,52-42?;. The van der Waals surface area contributed by atoms with Crippen molar-refractivity contribution in [3.8, 4) is 39.6 Å². The van der Waals surface area contributed by atoms with Crippen LogP contribution in [0.3, 0.4) is 0 Å². The fraction of sp³-hybridized carbons (Fsp3) is 0.0727. The van der Waals surface area contributed by atoms with Gasteiger partial charge in [-0.05, 0) is 60.0 Å². The first-order valence-corrected chi connectivity index (χ1v) is 20.6. The van der Waals surface area contributed by atoms with E-state index in [0.717, 1.165) is 62.6 Å². The second-order valence-electron chi connectivity index (χ2n) is 14.7. The molecule has 2 aliphatic carbocycles. The van der Waals surface area contributed by atoms with Crippen LogP contribution in [0.1, 0.15) is 37.4 Å². The van der Waals surface area contributed by atoms with Gasteiger partial charge < -0.3 is 9.13 Å². The Hall–Kier alpha value is -7.43. The van der Waals surface area contributed by atoms with Crippen LogP contribution in [0.2, 0.25) is 0 Å². The number of nitrogens with zero attached hydrogens (tertiary/aromatic N) is 4. The first-order valence-electron chi connectivity index (χ1n) is 20.6. The lowest BCUT2D eigenvalue weighted by Crippen LogP contribution is -2.12. The van der Waals surface area contributed by atoms with Crippen LogP contribution >= 0.6 is 0 Å². The van der Waals surface area contributed by atoms with Gasteiger partial charge in [-0.2, -0.15) is 0 Å². The molecule has 6 aromatic carbocycles. The number of benzene rings is 6.